The molecule has 0 amide bonds. The average molecular weight is 570 g/mol. The summed E-state index contributed by atoms with van der Waals surface area (Å²) in [5, 5.41) is 26.2. The van der Waals surface area contributed by atoms with Crippen molar-refractivity contribution in [3.63, 3.8) is 0 Å². The lowest BCUT2D eigenvalue weighted by atomic mass is 9.89. The SMILES string of the molecule is C=CCOc1c(C(C)=NOCCBr)c(=O)oc2c(C)c(O[C@@H]3OC(C)(C)[C@H](OC)[C@H](O)[C@H]3O)ccc12. The van der Waals surface area contributed by atoms with E-state index in [1.807, 2.05) is 0 Å². The number of ether oxygens (including phenoxy) is 4. The highest BCUT2D eigenvalue weighted by Crippen LogP contribution is 2.37. The van der Waals surface area contributed by atoms with Gasteiger partial charge in [-0.15, -0.1) is 0 Å². The first-order valence-corrected chi connectivity index (χ1v) is 12.5. The van der Waals surface area contributed by atoms with Crippen LogP contribution in [-0.2, 0) is 14.3 Å². The first-order chi connectivity index (χ1) is 17.1. The van der Waals surface area contributed by atoms with Crippen molar-refractivity contribution < 1.29 is 38.4 Å². The number of halogens is 1. The molecule has 0 radical (unpaired) electrons. The zero-order chi connectivity index (χ0) is 26.6. The second-order valence-corrected chi connectivity index (χ2v) is 9.60. The molecule has 1 aliphatic rings. The van der Waals surface area contributed by atoms with Crippen molar-refractivity contribution in [1.82, 2.24) is 0 Å². The van der Waals surface area contributed by atoms with Crippen molar-refractivity contribution in [2.75, 3.05) is 25.7 Å². The number of hydrogen-bond donors (Lipinski definition) is 2. The standard InChI is InChI=1S/C25H32BrNO9/c1-7-11-32-21-15-8-9-16(34-24-19(29)18(28)22(31-6)25(4,5)36-24)13(2)20(15)35-23(30)17(21)14(3)27-33-12-10-26/h7-9,18-19,22,24,28-29H,1,10-12H2,2-6H3/t18-,19-,22-,24-/m1/s1. The van der Waals surface area contributed by atoms with Crippen LogP contribution in [0.15, 0.2) is 39.2 Å². The molecule has 0 aliphatic carbocycles. The summed E-state index contributed by atoms with van der Waals surface area (Å²) in [6.07, 6.45) is -3.00. The summed E-state index contributed by atoms with van der Waals surface area (Å²) in [6, 6.07) is 3.32. The second kappa shape index (κ2) is 11.7. The Bertz CT molecular complexity index is 1180. The molecule has 1 fully saturated rings. The highest BCUT2D eigenvalue weighted by molar-refractivity contribution is 9.09. The molecular formula is C25H32BrNO9. The normalized spacial score (nSPS) is 23.9. The third-order valence-corrected chi connectivity index (χ3v) is 6.17. The minimum Gasteiger partial charge on any atom is -0.488 e. The van der Waals surface area contributed by atoms with Crippen LogP contribution in [0.5, 0.6) is 11.5 Å². The Morgan fingerprint density at radius 1 is 1.31 bits per heavy atom. The van der Waals surface area contributed by atoms with E-state index < -0.39 is 35.8 Å². The van der Waals surface area contributed by atoms with Crippen molar-refractivity contribution in [1.29, 1.82) is 0 Å². The molecule has 0 saturated carbocycles. The summed E-state index contributed by atoms with van der Waals surface area (Å²) >= 11 is 3.25. The molecule has 0 unspecified atom stereocenters. The number of fused-ring (bicyclic) bond motifs is 1. The summed E-state index contributed by atoms with van der Waals surface area (Å²) in [5.41, 5.74) is -0.473. The lowest BCUT2D eigenvalue weighted by Gasteiger charge is -2.46. The number of aliphatic hydroxyl groups excluding tert-OH is 2. The van der Waals surface area contributed by atoms with Crippen LogP contribution in [0.3, 0.4) is 0 Å². The minimum absolute atomic E-state index is 0.133. The molecule has 1 aromatic heterocycles. The van der Waals surface area contributed by atoms with Crippen molar-refractivity contribution in [2.24, 2.45) is 5.16 Å². The number of aryl methyl sites for hydroxylation is 1. The summed E-state index contributed by atoms with van der Waals surface area (Å²) in [4.78, 5) is 18.2. The Morgan fingerprint density at radius 3 is 2.67 bits per heavy atom. The predicted octanol–water partition coefficient (Wildman–Crippen LogP) is 3.05. The van der Waals surface area contributed by atoms with Crippen molar-refractivity contribution in [3.8, 4) is 11.5 Å². The fourth-order valence-corrected chi connectivity index (χ4v) is 4.28. The molecule has 2 heterocycles. The second-order valence-electron chi connectivity index (χ2n) is 8.80. The maximum atomic E-state index is 13.0. The van der Waals surface area contributed by atoms with E-state index in [2.05, 4.69) is 27.7 Å². The van der Waals surface area contributed by atoms with E-state index in [4.69, 9.17) is 28.2 Å². The van der Waals surface area contributed by atoms with Gasteiger partial charge >= 0.3 is 5.63 Å². The third kappa shape index (κ3) is 5.60. The fraction of sp³-hybridized carbons (Fsp3) is 0.520. The minimum atomic E-state index is -1.38. The summed E-state index contributed by atoms with van der Waals surface area (Å²) in [6.45, 7) is 10.9. The van der Waals surface area contributed by atoms with E-state index in [1.165, 1.54) is 7.11 Å². The number of nitrogens with zero attached hydrogens (tertiary/aromatic N) is 1. The van der Waals surface area contributed by atoms with Gasteiger partial charge in [0.2, 0.25) is 6.29 Å². The summed E-state index contributed by atoms with van der Waals surface area (Å²) in [7, 11) is 1.43. The first-order valence-electron chi connectivity index (χ1n) is 11.4. The monoisotopic (exact) mass is 569 g/mol. The van der Waals surface area contributed by atoms with Gasteiger partial charge in [0.1, 0.15) is 54.2 Å². The van der Waals surface area contributed by atoms with Crippen LogP contribution < -0.4 is 15.1 Å². The largest absolute Gasteiger partial charge is 0.488 e. The lowest BCUT2D eigenvalue weighted by Crippen LogP contribution is -2.63. The van der Waals surface area contributed by atoms with E-state index >= 15 is 0 Å². The van der Waals surface area contributed by atoms with Crippen molar-refractivity contribution in [3.05, 3.63) is 46.3 Å². The molecule has 10 nitrogen and oxygen atoms in total. The highest BCUT2D eigenvalue weighted by atomic mass is 79.9. The van der Waals surface area contributed by atoms with Gasteiger partial charge in [0, 0.05) is 18.0 Å². The smallest absolute Gasteiger partial charge is 0.349 e. The number of aliphatic hydroxyl groups is 2. The number of alkyl halides is 1. The van der Waals surface area contributed by atoms with Gasteiger partial charge in [-0.1, -0.05) is 33.7 Å². The van der Waals surface area contributed by atoms with E-state index in [1.54, 1.807) is 45.9 Å². The molecule has 36 heavy (non-hydrogen) atoms. The Balaban J connectivity index is 2.05. The van der Waals surface area contributed by atoms with Gasteiger partial charge in [0.25, 0.3) is 0 Å². The molecule has 1 aliphatic heterocycles. The van der Waals surface area contributed by atoms with E-state index in [0.717, 1.165) is 0 Å². The van der Waals surface area contributed by atoms with Crippen LogP contribution in [0.25, 0.3) is 11.0 Å². The number of rotatable bonds is 10. The average Bonchev–Trinajstić information content (AvgIpc) is 2.82. The van der Waals surface area contributed by atoms with Crippen LogP contribution in [0.4, 0.5) is 0 Å². The van der Waals surface area contributed by atoms with Gasteiger partial charge in [-0.25, -0.2) is 4.79 Å². The molecule has 2 aromatic rings. The van der Waals surface area contributed by atoms with E-state index in [0.29, 0.717) is 34.3 Å². The molecule has 2 N–H and O–H groups in total. The highest BCUT2D eigenvalue weighted by Gasteiger charge is 2.50. The molecule has 3 rings (SSSR count). The Morgan fingerprint density at radius 2 is 2.03 bits per heavy atom. The van der Waals surface area contributed by atoms with Gasteiger partial charge in [-0.2, -0.15) is 0 Å². The lowest BCUT2D eigenvalue weighted by molar-refractivity contribution is -0.306. The first kappa shape index (κ1) is 28.1. The van der Waals surface area contributed by atoms with Gasteiger partial charge < -0.3 is 38.4 Å². The quantitative estimate of drug-likeness (QED) is 0.111. The third-order valence-electron chi connectivity index (χ3n) is 5.85. The Hall–Kier alpha value is -2.44. The van der Waals surface area contributed by atoms with Gasteiger partial charge in [0.05, 0.1) is 16.7 Å². The predicted molar refractivity (Wildman–Crippen MR) is 137 cm³/mol. The molecule has 11 heteroatoms. The summed E-state index contributed by atoms with van der Waals surface area (Å²) < 4.78 is 28.7. The van der Waals surface area contributed by atoms with Crippen LogP contribution in [0.1, 0.15) is 31.9 Å². The van der Waals surface area contributed by atoms with Crippen LogP contribution in [0, 0.1) is 6.92 Å². The van der Waals surface area contributed by atoms with Crippen molar-refractivity contribution in [2.45, 2.75) is 57.9 Å². The summed E-state index contributed by atoms with van der Waals surface area (Å²) in [5.74, 6) is 0.565. The molecule has 0 bridgehead atoms. The molecule has 0 spiro atoms. The molecule has 4 atom stereocenters. The maximum absolute atomic E-state index is 13.0. The molecule has 198 valence electrons. The van der Waals surface area contributed by atoms with Gasteiger partial charge in [-0.05, 0) is 39.8 Å². The number of hydrogen-bond acceptors (Lipinski definition) is 10. The molecule has 1 aromatic carbocycles. The topological polar surface area (TPSA) is 129 Å². The van der Waals surface area contributed by atoms with Crippen molar-refractivity contribution >= 4 is 32.6 Å². The van der Waals surface area contributed by atoms with Crippen LogP contribution in [0.2, 0.25) is 0 Å². The number of benzene rings is 1. The molecular weight excluding hydrogens is 538 g/mol. The Kier molecular flexibility index (Phi) is 9.18. The number of oxime groups is 1. The number of methoxy groups -OCH3 is 1. The zero-order valence-electron chi connectivity index (χ0n) is 20.9. The Labute approximate surface area is 217 Å². The van der Waals surface area contributed by atoms with Crippen LogP contribution >= 0.6 is 15.9 Å². The fourth-order valence-electron chi connectivity index (χ4n) is 4.14. The van der Waals surface area contributed by atoms with Gasteiger partial charge in [-0.3, -0.25) is 0 Å². The zero-order valence-corrected chi connectivity index (χ0v) is 22.5. The molecule has 1 saturated heterocycles. The van der Waals surface area contributed by atoms with Crippen LogP contribution in [-0.4, -0.2) is 71.8 Å². The van der Waals surface area contributed by atoms with E-state index in [-0.39, 0.29) is 23.5 Å². The maximum Gasteiger partial charge on any atom is 0.349 e. The van der Waals surface area contributed by atoms with E-state index in [9.17, 15) is 15.0 Å². The van der Waals surface area contributed by atoms with Gasteiger partial charge in [0.15, 0.2) is 0 Å².